The van der Waals surface area contributed by atoms with Gasteiger partial charge in [0.05, 0.1) is 23.9 Å². The van der Waals surface area contributed by atoms with Gasteiger partial charge in [-0.15, -0.1) is 0 Å². The van der Waals surface area contributed by atoms with Crippen LogP contribution in [0, 0.1) is 11.6 Å². The van der Waals surface area contributed by atoms with E-state index in [1.807, 2.05) is 0 Å². The lowest BCUT2D eigenvalue weighted by atomic mass is 9.94. The van der Waals surface area contributed by atoms with E-state index in [2.05, 4.69) is 5.32 Å². The van der Waals surface area contributed by atoms with Crippen molar-refractivity contribution in [2.75, 3.05) is 19.8 Å². The molecule has 1 heterocycles. The summed E-state index contributed by atoms with van der Waals surface area (Å²) in [6, 6.07) is 8.30. The van der Waals surface area contributed by atoms with Crippen LogP contribution in [0.15, 0.2) is 53.7 Å². The van der Waals surface area contributed by atoms with Gasteiger partial charge in [0, 0.05) is 17.6 Å². The fourth-order valence-corrected chi connectivity index (χ4v) is 3.52. The topological polar surface area (TPSA) is 67.9 Å². The highest BCUT2D eigenvalue weighted by Gasteiger charge is 2.38. The van der Waals surface area contributed by atoms with Crippen molar-refractivity contribution in [3.63, 3.8) is 0 Å². The van der Waals surface area contributed by atoms with Crippen LogP contribution in [-0.4, -0.2) is 36.7 Å². The first-order valence-corrected chi connectivity index (χ1v) is 10.0. The van der Waals surface area contributed by atoms with Crippen LogP contribution in [0.1, 0.15) is 25.5 Å². The van der Waals surface area contributed by atoms with Crippen LogP contribution < -0.4 is 10.1 Å². The van der Waals surface area contributed by atoms with Gasteiger partial charge in [-0.05, 0) is 43.7 Å². The number of carbonyl (C=O) groups is 2. The Balaban J connectivity index is 2.08. The third-order valence-corrected chi connectivity index (χ3v) is 4.93. The number of esters is 1. The summed E-state index contributed by atoms with van der Waals surface area (Å²) in [7, 11) is 0. The van der Waals surface area contributed by atoms with Crippen molar-refractivity contribution < 1.29 is 27.8 Å². The Hall–Kier alpha value is -3.13. The second-order valence-corrected chi connectivity index (χ2v) is 7.06. The number of hydrogen-bond acceptors (Lipinski definition) is 4. The van der Waals surface area contributed by atoms with Crippen LogP contribution in [-0.2, 0) is 9.53 Å². The quantitative estimate of drug-likeness (QED) is 0.626. The Kier molecular flexibility index (Phi) is 7.12. The smallest absolute Gasteiger partial charge is 0.338 e. The van der Waals surface area contributed by atoms with Crippen LogP contribution in [0.4, 0.5) is 13.6 Å². The van der Waals surface area contributed by atoms with Crippen molar-refractivity contribution >= 4 is 23.6 Å². The number of urea groups is 1. The molecule has 6 nitrogen and oxygen atoms in total. The number of ether oxygens (including phenoxy) is 2. The molecule has 3 rings (SSSR count). The summed E-state index contributed by atoms with van der Waals surface area (Å²) < 4.78 is 38.0. The van der Waals surface area contributed by atoms with Crippen molar-refractivity contribution in [3.8, 4) is 5.75 Å². The first kappa shape index (κ1) is 22.6. The van der Waals surface area contributed by atoms with Gasteiger partial charge < -0.3 is 14.8 Å². The predicted molar refractivity (Wildman–Crippen MR) is 111 cm³/mol. The standard InChI is InChI=1S/C22H21ClF2N2O4/c1-3-27-17(12-31-18-9-8-15(24)11-16(18)25)19(21(28)30-4-2)20(26-22(27)29)13-6-5-7-14(23)10-13/h5-11,20H,3-4,12H2,1-2H3,(H,26,29)/t20-/m0/s1. The third kappa shape index (κ3) is 4.96. The molecule has 0 radical (unpaired) electrons. The minimum Gasteiger partial charge on any atom is -0.484 e. The minimum absolute atomic E-state index is 0.116. The second kappa shape index (κ2) is 9.78. The van der Waals surface area contributed by atoms with Crippen LogP contribution >= 0.6 is 11.6 Å². The summed E-state index contributed by atoms with van der Waals surface area (Å²) in [5, 5.41) is 3.22. The molecule has 2 aromatic carbocycles. The van der Waals surface area contributed by atoms with Gasteiger partial charge in [0.25, 0.3) is 0 Å². The van der Waals surface area contributed by atoms with E-state index < -0.39 is 29.7 Å². The molecule has 9 heteroatoms. The fourth-order valence-electron chi connectivity index (χ4n) is 3.32. The normalized spacial score (nSPS) is 16.2. The average Bonchev–Trinajstić information content (AvgIpc) is 2.72. The van der Waals surface area contributed by atoms with Crippen molar-refractivity contribution in [2.45, 2.75) is 19.9 Å². The number of carbonyl (C=O) groups excluding carboxylic acids is 2. The number of nitrogens with one attached hydrogen (secondary N) is 1. The van der Waals surface area contributed by atoms with E-state index in [9.17, 15) is 18.4 Å². The van der Waals surface area contributed by atoms with Crippen LogP contribution in [0.3, 0.4) is 0 Å². The predicted octanol–water partition coefficient (Wildman–Crippen LogP) is 4.60. The Morgan fingerprint density at radius 1 is 1.19 bits per heavy atom. The van der Waals surface area contributed by atoms with Gasteiger partial charge in [0.2, 0.25) is 0 Å². The van der Waals surface area contributed by atoms with Gasteiger partial charge in [-0.1, -0.05) is 23.7 Å². The first-order chi connectivity index (χ1) is 14.8. The molecule has 0 bridgehead atoms. The Labute approximate surface area is 183 Å². The Bertz CT molecular complexity index is 1030. The van der Waals surface area contributed by atoms with Crippen molar-refractivity contribution in [2.24, 2.45) is 0 Å². The lowest BCUT2D eigenvalue weighted by molar-refractivity contribution is -0.139. The van der Waals surface area contributed by atoms with Gasteiger partial charge in [-0.25, -0.2) is 18.4 Å². The molecular formula is C22H21ClF2N2O4. The molecule has 1 atom stereocenters. The summed E-state index contributed by atoms with van der Waals surface area (Å²) >= 11 is 6.10. The first-order valence-electron chi connectivity index (χ1n) is 9.67. The lowest BCUT2D eigenvalue weighted by Gasteiger charge is -2.36. The zero-order chi connectivity index (χ0) is 22.5. The SMILES string of the molecule is CCOC(=O)C1=C(COc2ccc(F)cc2F)N(CC)C(=O)N[C@H]1c1cccc(Cl)c1. The molecule has 0 unspecified atom stereocenters. The number of nitrogens with zero attached hydrogens (tertiary/aromatic N) is 1. The number of likely N-dealkylation sites (N-methyl/N-ethyl adjacent to an activating group) is 1. The van der Waals surface area contributed by atoms with Gasteiger partial charge in [-0.2, -0.15) is 0 Å². The molecule has 164 valence electrons. The molecule has 0 saturated heterocycles. The lowest BCUT2D eigenvalue weighted by Crippen LogP contribution is -2.49. The maximum Gasteiger partial charge on any atom is 0.338 e. The second-order valence-electron chi connectivity index (χ2n) is 6.63. The molecule has 0 saturated carbocycles. The fraction of sp³-hybridized carbons (Fsp3) is 0.273. The maximum atomic E-state index is 14.0. The third-order valence-electron chi connectivity index (χ3n) is 4.69. The Morgan fingerprint density at radius 3 is 2.61 bits per heavy atom. The zero-order valence-corrected chi connectivity index (χ0v) is 17.7. The molecule has 1 aliphatic heterocycles. The van der Waals surface area contributed by atoms with Crippen LogP contribution in [0.25, 0.3) is 0 Å². The van der Waals surface area contributed by atoms with Gasteiger partial charge >= 0.3 is 12.0 Å². The van der Waals surface area contributed by atoms with Crippen molar-refractivity contribution in [1.29, 1.82) is 0 Å². The maximum absolute atomic E-state index is 14.0. The molecule has 0 fully saturated rings. The van der Waals surface area contributed by atoms with E-state index in [1.54, 1.807) is 38.1 Å². The van der Waals surface area contributed by atoms with E-state index in [0.717, 1.165) is 12.1 Å². The summed E-state index contributed by atoms with van der Waals surface area (Å²) in [6.45, 7) is 3.42. The minimum atomic E-state index is -0.895. The van der Waals surface area contributed by atoms with E-state index in [1.165, 1.54) is 4.90 Å². The summed E-state index contributed by atoms with van der Waals surface area (Å²) in [6.07, 6.45) is 0. The van der Waals surface area contributed by atoms with E-state index in [0.29, 0.717) is 16.7 Å². The Morgan fingerprint density at radius 2 is 1.97 bits per heavy atom. The highest BCUT2D eigenvalue weighted by Crippen LogP contribution is 2.33. The van der Waals surface area contributed by atoms with Gasteiger partial charge in [0.1, 0.15) is 12.4 Å². The number of benzene rings is 2. The van der Waals surface area contributed by atoms with E-state index in [4.69, 9.17) is 21.1 Å². The monoisotopic (exact) mass is 450 g/mol. The van der Waals surface area contributed by atoms with Crippen molar-refractivity contribution in [1.82, 2.24) is 10.2 Å². The largest absolute Gasteiger partial charge is 0.484 e. The molecule has 2 amide bonds. The highest BCUT2D eigenvalue weighted by molar-refractivity contribution is 6.30. The molecule has 2 aromatic rings. The number of halogens is 3. The van der Waals surface area contributed by atoms with E-state index in [-0.39, 0.29) is 36.8 Å². The highest BCUT2D eigenvalue weighted by atomic mass is 35.5. The molecule has 31 heavy (non-hydrogen) atoms. The molecular weight excluding hydrogens is 430 g/mol. The van der Waals surface area contributed by atoms with E-state index >= 15 is 0 Å². The van der Waals surface area contributed by atoms with Gasteiger partial charge in [-0.3, -0.25) is 4.90 Å². The molecule has 1 N–H and O–H groups in total. The number of rotatable bonds is 7. The van der Waals surface area contributed by atoms with Crippen molar-refractivity contribution in [3.05, 3.63) is 76.0 Å². The molecule has 0 aromatic heterocycles. The van der Waals surface area contributed by atoms with Gasteiger partial charge in [0.15, 0.2) is 11.6 Å². The molecule has 0 aliphatic carbocycles. The molecule has 1 aliphatic rings. The summed E-state index contributed by atoms with van der Waals surface area (Å²) in [4.78, 5) is 27.0. The summed E-state index contributed by atoms with van der Waals surface area (Å²) in [5.74, 6) is -2.50. The number of hydrogen-bond donors (Lipinski definition) is 1. The number of amides is 2. The molecule has 0 spiro atoms. The summed E-state index contributed by atoms with van der Waals surface area (Å²) in [5.41, 5.74) is 0.941. The van der Waals surface area contributed by atoms with Crippen LogP contribution in [0.5, 0.6) is 5.75 Å². The zero-order valence-electron chi connectivity index (χ0n) is 17.0. The average molecular weight is 451 g/mol. The van der Waals surface area contributed by atoms with Crippen LogP contribution in [0.2, 0.25) is 5.02 Å².